The first kappa shape index (κ1) is 22.2. The molecule has 1 aromatic heterocycles. The number of aryl methyl sites for hydroxylation is 1. The van der Waals surface area contributed by atoms with E-state index in [0.717, 1.165) is 35.2 Å². The Morgan fingerprint density at radius 1 is 1.06 bits per heavy atom. The summed E-state index contributed by atoms with van der Waals surface area (Å²) in [6.45, 7) is 6.41. The van der Waals surface area contributed by atoms with Crippen LogP contribution in [0.25, 0.3) is 11.4 Å². The van der Waals surface area contributed by atoms with Gasteiger partial charge in [-0.3, -0.25) is 4.79 Å². The van der Waals surface area contributed by atoms with E-state index in [2.05, 4.69) is 50.4 Å². The van der Waals surface area contributed by atoms with Crippen molar-refractivity contribution in [2.75, 3.05) is 19.5 Å². The molecule has 1 aliphatic heterocycles. The first-order valence-electron chi connectivity index (χ1n) is 11.6. The largest absolute Gasteiger partial charge is 0.493 e. The second-order valence-electron chi connectivity index (χ2n) is 9.73. The summed E-state index contributed by atoms with van der Waals surface area (Å²) in [5, 5.41) is 8.32. The van der Waals surface area contributed by atoms with E-state index in [9.17, 15) is 4.79 Å². The molecule has 2 aromatic carbocycles. The molecule has 176 valence electrons. The Labute approximate surface area is 199 Å². The molecule has 7 nitrogen and oxygen atoms in total. The topological polar surface area (TPSA) is 78.3 Å². The highest BCUT2D eigenvalue weighted by Crippen LogP contribution is 2.46. The van der Waals surface area contributed by atoms with Crippen LogP contribution in [0.15, 0.2) is 53.7 Å². The highest BCUT2D eigenvalue weighted by atomic mass is 16.5. The minimum Gasteiger partial charge on any atom is -0.493 e. The summed E-state index contributed by atoms with van der Waals surface area (Å²) in [6.07, 6.45) is 2.27. The summed E-state index contributed by atoms with van der Waals surface area (Å²) in [5.74, 6) is 2.62. The lowest BCUT2D eigenvalue weighted by atomic mass is 9.73. The van der Waals surface area contributed by atoms with Crippen molar-refractivity contribution >= 4 is 11.7 Å². The van der Waals surface area contributed by atoms with Gasteiger partial charge in [-0.1, -0.05) is 45.0 Å². The average Bonchev–Trinajstić information content (AvgIpc) is 3.25. The van der Waals surface area contributed by atoms with Crippen LogP contribution in [0.4, 0.5) is 5.95 Å². The molecule has 1 atom stereocenters. The SMILES string of the molecule is CCc1ccc(C2C3=C(CC(C)(C)CC3=O)Nc3nc(-c4ccc(OC)c(OC)c4)nn32)cc1. The molecule has 0 bridgehead atoms. The number of aromatic nitrogens is 3. The van der Waals surface area contributed by atoms with Crippen LogP contribution in [-0.2, 0) is 11.2 Å². The van der Waals surface area contributed by atoms with Gasteiger partial charge in [-0.2, -0.15) is 4.98 Å². The van der Waals surface area contributed by atoms with Crippen LogP contribution < -0.4 is 14.8 Å². The third kappa shape index (κ3) is 3.75. The van der Waals surface area contributed by atoms with Crippen molar-refractivity contribution in [1.82, 2.24) is 14.8 Å². The molecule has 0 amide bonds. The Balaban J connectivity index is 1.64. The number of nitrogens with zero attached hydrogens (tertiary/aromatic N) is 3. The van der Waals surface area contributed by atoms with E-state index in [4.69, 9.17) is 19.6 Å². The fourth-order valence-corrected chi connectivity index (χ4v) is 4.95. The quantitative estimate of drug-likeness (QED) is 0.567. The number of allylic oxidation sites excluding steroid dienone is 2. The van der Waals surface area contributed by atoms with Gasteiger partial charge < -0.3 is 14.8 Å². The normalized spacial score (nSPS) is 18.7. The van der Waals surface area contributed by atoms with Crippen LogP contribution in [0.3, 0.4) is 0 Å². The van der Waals surface area contributed by atoms with Gasteiger partial charge in [0, 0.05) is 23.3 Å². The molecule has 5 rings (SSSR count). The summed E-state index contributed by atoms with van der Waals surface area (Å²) in [5.41, 5.74) is 4.74. The zero-order valence-corrected chi connectivity index (χ0v) is 20.3. The maximum atomic E-state index is 13.4. The van der Waals surface area contributed by atoms with Gasteiger partial charge in [0.2, 0.25) is 5.95 Å². The molecule has 0 saturated heterocycles. The number of ether oxygens (including phenoxy) is 2. The Kier molecular flexibility index (Phi) is 5.42. The molecule has 2 aliphatic rings. The van der Waals surface area contributed by atoms with E-state index in [1.54, 1.807) is 14.2 Å². The monoisotopic (exact) mass is 458 g/mol. The third-order valence-corrected chi connectivity index (χ3v) is 6.68. The molecule has 1 aliphatic carbocycles. The van der Waals surface area contributed by atoms with E-state index < -0.39 is 0 Å². The second kappa shape index (κ2) is 8.31. The smallest absolute Gasteiger partial charge is 0.226 e. The van der Waals surface area contributed by atoms with Gasteiger partial charge in [0.25, 0.3) is 0 Å². The van der Waals surface area contributed by atoms with E-state index in [-0.39, 0.29) is 17.2 Å². The van der Waals surface area contributed by atoms with Crippen LogP contribution in [0.5, 0.6) is 11.5 Å². The maximum Gasteiger partial charge on any atom is 0.226 e. The molecule has 0 fully saturated rings. The van der Waals surface area contributed by atoms with Crippen molar-refractivity contribution in [3.63, 3.8) is 0 Å². The van der Waals surface area contributed by atoms with Crippen LogP contribution >= 0.6 is 0 Å². The number of methoxy groups -OCH3 is 2. The lowest BCUT2D eigenvalue weighted by Crippen LogP contribution is -2.36. The van der Waals surface area contributed by atoms with E-state index >= 15 is 0 Å². The number of Topliss-reactive ketones (excluding diaryl/α,β-unsaturated/α-hetero) is 1. The van der Waals surface area contributed by atoms with Gasteiger partial charge in [0.05, 0.1) is 14.2 Å². The van der Waals surface area contributed by atoms with Gasteiger partial charge in [0.1, 0.15) is 6.04 Å². The molecule has 0 saturated carbocycles. The van der Waals surface area contributed by atoms with Crippen molar-refractivity contribution < 1.29 is 14.3 Å². The average molecular weight is 459 g/mol. The minimum atomic E-state index is -0.317. The first-order valence-corrected chi connectivity index (χ1v) is 11.6. The minimum absolute atomic E-state index is 0.103. The number of carbonyl (C=O) groups is 1. The Morgan fingerprint density at radius 2 is 1.79 bits per heavy atom. The van der Waals surface area contributed by atoms with Crippen LogP contribution in [0, 0.1) is 5.41 Å². The number of nitrogens with one attached hydrogen (secondary N) is 1. The standard InChI is InChI=1S/C27H30N4O3/c1-6-16-7-9-17(10-8-16)24-23-19(14-27(2,3)15-20(23)32)28-26-29-25(30-31(24)26)18-11-12-21(33-4)22(13-18)34-5/h7-13,24H,6,14-15H2,1-5H3,(H,28,29,30). The third-order valence-electron chi connectivity index (χ3n) is 6.68. The highest BCUT2D eigenvalue weighted by Gasteiger charge is 2.41. The molecular formula is C27H30N4O3. The number of rotatable bonds is 5. The maximum absolute atomic E-state index is 13.4. The number of hydrogen-bond acceptors (Lipinski definition) is 6. The fourth-order valence-electron chi connectivity index (χ4n) is 4.95. The summed E-state index contributed by atoms with van der Waals surface area (Å²) < 4.78 is 12.7. The van der Waals surface area contributed by atoms with Crippen LogP contribution in [0.1, 0.15) is 50.8 Å². The van der Waals surface area contributed by atoms with E-state index in [1.807, 2.05) is 22.9 Å². The Morgan fingerprint density at radius 3 is 2.47 bits per heavy atom. The molecular weight excluding hydrogens is 428 g/mol. The lowest BCUT2D eigenvalue weighted by Gasteiger charge is -2.38. The molecule has 0 radical (unpaired) electrons. The van der Waals surface area contributed by atoms with E-state index in [1.165, 1.54) is 5.56 Å². The number of benzene rings is 2. The molecule has 1 unspecified atom stereocenters. The predicted molar refractivity (Wildman–Crippen MR) is 131 cm³/mol. The van der Waals surface area contributed by atoms with Crippen LogP contribution in [-0.4, -0.2) is 34.8 Å². The summed E-state index contributed by atoms with van der Waals surface area (Å²) >= 11 is 0. The van der Waals surface area contributed by atoms with Crippen molar-refractivity contribution in [2.24, 2.45) is 5.41 Å². The number of fused-ring (bicyclic) bond motifs is 1. The molecule has 1 N–H and O–H groups in total. The molecule has 34 heavy (non-hydrogen) atoms. The van der Waals surface area contributed by atoms with Crippen molar-refractivity contribution in [3.05, 3.63) is 64.9 Å². The van der Waals surface area contributed by atoms with Crippen molar-refractivity contribution in [1.29, 1.82) is 0 Å². The zero-order chi connectivity index (χ0) is 24.0. The predicted octanol–water partition coefficient (Wildman–Crippen LogP) is 5.18. The molecule has 7 heteroatoms. The van der Waals surface area contributed by atoms with Crippen molar-refractivity contribution in [3.8, 4) is 22.9 Å². The number of hydrogen-bond donors (Lipinski definition) is 1. The van der Waals surface area contributed by atoms with Gasteiger partial charge in [0.15, 0.2) is 23.1 Å². The number of carbonyl (C=O) groups excluding carboxylic acids is 1. The molecule has 3 aromatic rings. The van der Waals surface area contributed by atoms with Gasteiger partial charge in [-0.25, -0.2) is 4.68 Å². The van der Waals surface area contributed by atoms with Crippen molar-refractivity contribution in [2.45, 2.75) is 46.1 Å². The van der Waals surface area contributed by atoms with Gasteiger partial charge in [-0.05, 0) is 47.6 Å². The zero-order valence-electron chi connectivity index (χ0n) is 20.3. The summed E-state index contributed by atoms with van der Waals surface area (Å²) in [7, 11) is 3.22. The first-order chi connectivity index (χ1) is 16.3. The summed E-state index contributed by atoms with van der Waals surface area (Å²) in [6, 6.07) is 13.8. The lowest BCUT2D eigenvalue weighted by molar-refractivity contribution is -0.118. The molecule has 2 heterocycles. The number of ketones is 1. The number of anilines is 1. The Hall–Kier alpha value is -3.61. The Bertz CT molecular complexity index is 1290. The fraction of sp³-hybridized carbons (Fsp3) is 0.370. The second-order valence-corrected chi connectivity index (χ2v) is 9.73. The van der Waals surface area contributed by atoms with Gasteiger partial charge in [-0.15, -0.1) is 5.10 Å². The highest BCUT2D eigenvalue weighted by molar-refractivity contribution is 6.00. The molecule has 0 spiro atoms. The van der Waals surface area contributed by atoms with Gasteiger partial charge >= 0.3 is 0 Å². The van der Waals surface area contributed by atoms with Crippen LogP contribution in [0.2, 0.25) is 0 Å². The summed E-state index contributed by atoms with van der Waals surface area (Å²) in [4.78, 5) is 18.2. The van der Waals surface area contributed by atoms with E-state index in [0.29, 0.717) is 29.7 Å².